The van der Waals surface area contributed by atoms with Gasteiger partial charge in [0.05, 0.1) is 12.7 Å². The van der Waals surface area contributed by atoms with E-state index < -0.39 is 0 Å². The van der Waals surface area contributed by atoms with Gasteiger partial charge in [-0.25, -0.2) is 9.48 Å². The fourth-order valence-corrected chi connectivity index (χ4v) is 2.71. The molecule has 1 heterocycles. The Morgan fingerprint density at radius 2 is 1.89 bits per heavy atom. The van der Waals surface area contributed by atoms with Gasteiger partial charge in [0.1, 0.15) is 11.9 Å². The van der Waals surface area contributed by atoms with Gasteiger partial charge >= 0.3 is 0 Å². The molecule has 2 rings (SSSR count). The third kappa shape index (κ3) is 2.37. The van der Waals surface area contributed by atoms with Crippen molar-refractivity contribution in [3.05, 3.63) is 41.7 Å². The normalized spacial score (nSPS) is 21.7. The zero-order valence-electron chi connectivity index (χ0n) is 11.3. The number of unbranched alkanes of at least 4 members (excludes halogenated alkanes) is 1. The third-order valence-electron chi connectivity index (χ3n) is 3.53. The summed E-state index contributed by atoms with van der Waals surface area (Å²) in [6, 6.07) is 6.46. The van der Waals surface area contributed by atoms with Crippen LogP contribution in [0.1, 0.15) is 24.0 Å². The minimum atomic E-state index is 0.735. The number of rotatable bonds is 5. The lowest BCUT2D eigenvalue weighted by Gasteiger charge is -2.29. The van der Waals surface area contributed by atoms with Crippen LogP contribution < -0.4 is 10.2 Å². The average Bonchev–Trinajstić information content (AvgIpc) is 2.79. The van der Waals surface area contributed by atoms with Crippen molar-refractivity contribution in [2.75, 3.05) is 13.1 Å². The molecule has 0 bridgehead atoms. The van der Waals surface area contributed by atoms with Crippen LogP contribution in [0.5, 0.6) is 0 Å². The summed E-state index contributed by atoms with van der Waals surface area (Å²) in [6.07, 6.45) is 8.28. The van der Waals surface area contributed by atoms with Gasteiger partial charge in [-0.05, 0) is 33.2 Å². The molecule has 1 aliphatic rings. The van der Waals surface area contributed by atoms with Crippen molar-refractivity contribution in [3.8, 4) is 0 Å². The molecule has 96 valence electrons. The van der Waals surface area contributed by atoms with Crippen LogP contribution in [-0.4, -0.2) is 19.4 Å². The summed E-state index contributed by atoms with van der Waals surface area (Å²) in [5, 5.41) is 0. The minimum Gasteiger partial charge on any atom is -0.330 e. The number of quaternary nitrogens is 1. The quantitative estimate of drug-likeness (QED) is 0.627. The minimum absolute atomic E-state index is 0.735. The Bertz CT molecular complexity index is 442. The van der Waals surface area contributed by atoms with E-state index >= 15 is 0 Å². The third-order valence-corrected chi connectivity index (χ3v) is 3.53. The molecule has 1 aromatic carbocycles. The highest BCUT2D eigenvalue weighted by molar-refractivity contribution is 5.81. The smallest absolute Gasteiger partial charge is 0.199 e. The van der Waals surface area contributed by atoms with E-state index in [9.17, 15) is 0 Å². The van der Waals surface area contributed by atoms with Gasteiger partial charge in [-0.15, -0.1) is 0 Å². The van der Waals surface area contributed by atoms with Crippen LogP contribution in [0.25, 0.3) is 0 Å². The first kappa shape index (κ1) is 13.0. The molecule has 1 unspecified atom stereocenters. The van der Waals surface area contributed by atoms with Crippen molar-refractivity contribution in [2.45, 2.75) is 26.7 Å². The lowest BCUT2D eigenvalue weighted by atomic mass is 10.1. The molecule has 0 saturated heterocycles. The summed E-state index contributed by atoms with van der Waals surface area (Å²) < 4.78 is 0.735. The zero-order valence-corrected chi connectivity index (χ0v) is 11.3. The van der Waals surface area contributed by atoms with Crippen LogP contribution >= 0.6 is 0 Å². The van der Waals surface area contributed by atoms with Gasteiger partial charge in [-0.3, -0.25) is 0 Å². The van der Waals surface area contributed by atoms with Gasteiger partial charge < -0.3 is 5.73 Å². The largest absolute Gasteiger partial charge is 0.330 e. The molecule has 1 aliphatic heterocycles. The summed E-state index contributed by atoms with van der Waals surface area (Å²) in [5.41, 5.74) is 9.59. The molecule has 0 amide bonds. The maximum absolute atomic E-state index is 5.60. The summed E-state index contributed by atoms with van der Waals surface area (Å²) in [6.45, 7) is 6.13. The molecular formula is C15H22N3+. The van der Waals surface area contributed by atoms with E-state index in [-0.39, 0.29) is 0 Å². The van der Waals surface area contributed by atoms with Crippen LogP contribution in [0.2, 0.25) is 0 Å². The molecule has 1 aromatic rings. The maximum Gasteiger partial charge on any atom is 0.199 e. The molecule has 0 radical (unpaired) electrons. The molecule has 2 N–H and O–H groups in total. The van der Waals surface area contributed by atoms with Crippen molar-refractivity contribution in [1.29, 1.82) is 0 Å². The number of aliphatic imine (C=N–C) groups is 1. The van der Waals surface area contributed by atoms with Crippen LogP contribution in [0.15, 0.2) is 35.6 Å². The standard InChI is InChI=1S/C15H22N3/c1-13-6-5-7-14(2)15(13)18(10-4-3-8-16)11-9-17-12-18/h5-7,9,11-12H,3-4,8,10,16H2,1-2H3/q+1. The molecule has 0 spiro atoms. The van der Waals surface area contributed by atoms with E-state index in [1.54, 1.807) is 0 Å². The predicted octanol–water partition coefficient (Wildman–Crippen LogP) is 2.86. The number of hydrogen-bond acceptors (Lipinski definition) is 2. The summed E-state index contributed by atoms with van der Waals surface area (Å²) in [5.74, 6) is 0. The van der Waals surface area contributed by atoms with Crippen molar-refractivity contribution in [1.82, 2.24) is 4.48 Å². The number of benzene rings is 1. The Morgan fingerprint density at radius 1 is 1.17 bits per heavy atom. The maximum atomic E-state index is 5.60. The Morgan fingerprint density at radius 3 is 2.44 bits per heavy atom. The van der Waals surface area contributed by atoms with Crippen LogP contribution in [-0.2, 0) is 0 Å². The van der Waals surface area contributed by atoms with Gasteiger partial charge in [-0.1, -0.05) is 18.2 Å². The van der Waals surface area contributed by atoms with Gasteiger partial charge in [0.2, 0.25) is 0 Å². The Balaban J connectivity index is 2.36. The average molecular weight is 244 g/mol. The van der Waals surface area contributed by atoms with Gasteiger partial charge in [-0.2, -0.15) is 0 Å². The van der Waals surface area contributed by atoms with E-state index in [0.29, 0.717) is 0 Å². The van der Waals surface area contributed by atoms with Crippen molar-refractivity contribution in [3.63, 3.8) is 0 Å². The molecule has 0 saturated carbocycles. The number of nitrogens with zero attached hydrogens (tertiary/aromatic N) is 2. The van der Waals surface area contributed by atoms with Crippen LogP contribution in [0.3, 0.4) is 0 Å². The van der Waals surface area contributed by atoms with Crippen LogP contribution in [0, 0.1) is 13.8 Å². The van der Waals surface area contributed by atoms with Crippen molar-refractivity contribution >= 4 is 12.0 Å². The Labute approximate surface area is 109 Å². The summed E-state index contributed by atoms with van der Waals surface area (Å²) in [4.78, 5) is 4.31. The molecule has 3 heteroatoms. The fourth-order valence-electron chi connectivity index (χ4n) is 2.71. The molecular weight excluding hydrogens is 222 g/mol. The van der Waals surface area contributed by atoms with E-state index in [0.717, 1.165) is 30.4 Å². The second-order valence-corrected chi connectivity index (χ2v) is 4.95. The van der Waals surface area contributed by atoms with E-state index in [1.807, 2.05) is 12.5 Å². The number of nitrogens with two attached hydrogens (primary N) is 1. The van der Waals surface area contributed by atoms with E-state index in [2.05, 4.69) is 43.2 Å². The second kappa shape index (κ2) is 5.46. The lowest BCUT2D eigenvalue weighted by Crippen LogP contribution is -2.43. The van der Waals surface area contributed by atoms with Crippen LogP contribution in [0.4, 0.5) is 5.69 Å². The Hall–Kier alpha value is -1.45. The van der Waals surface area contributed by atoms with Gasteiger partial charge in [0.15, 0.2) is 6.34 Å². The molecule has 0 aliphatic carbocycles. The highest BCUT2D eigenvalue weighted by Gasteiger charge is 2.31. The van der Waals surface area contributed by atoms with E-state index in [1.165, 1.54) is 16.8 Å². The van der Waals surface area contributed by atoms with E-state index in [4.69, 9.17) is 5.73 Å². The monoisotopic (exact) mass is 244 g/mol. The molecule has 18 heavy (non-hydrogen) atoms. The van der Waals surface area contributed by atoms with Crippen molar-refractivity contribution < 1.29 is 0 Å². The summed E-state index contributed by atoms with van der Waals surface area (Å²) in [7, 11) is 0. The zero-order chi connectivity index (χ0) is 13.0. The lowest BCUT2D eigenvalue weighted by molar-refractivity contribution is 0.520. The van der Waals surface area contributed by atoms with Crippen molar-refractivity contribution in [2.24, 2.45) is 10.7 Å². The molecule has 0 fully saturated rings. The highest BCUT2D eigenvalue weighted by Crippen LogP contribution is 2.32. The number of aryl methyl sites for hydroxylation is 2. The second-order valence-electron chi connectivity index (χ2n) is 4.95. The molecule has 3 nitrogen and oxygen atoms in total. The first-order valence-electron chi connectivity index (χ1n) is 6.56. The predicted molar refractivity (Wildman–Crippen MR) is 78.5 cm³/mol. The number of para-hydroxylation sites is 1. The van der Waals surface area contributed by atoms with Gasteiger partial charge in [0.25, 0.3) is 0 Å². The topological polar surface area (TPSA) is 38.4 Å². The molecule has 1 atom stereocenters. The SMILES string of the molecule is Cc1cccc(C)c1[N+]1(CCCCN)C=CN=C1. The first-order valence-corrected chi connectivity index (χ1v) is 6.56. The van der Waals surface area contributed by atoms with Gasteiger partial charge in [0, 0.05) is 11.1 Å². The Kier molecular flexibility index (Phi) is 3.94. The summed E-state index contributed by atoms with van der Waals surface area (Å²) >= 11 is 0. The highest BCUT2D eigenvalue weighted by atomic mass is 15.4. The fraction of sp³-hybridized carbons (Fsp3) is 0.400. The number of hydrogen-bond donors (Lipinski definition) is 1. The molecule has 0 aromatic heterocycles. The first-order chi connectivity index (χ1) is 8.69.